The van der Waals surface area contributed by atoms with Gasteiger partial charge in [-0.2, -0.15) is 0 Å². The number of Topliss-reactive ketones (excluding diaryl/α,β-unsaturated/α-hetero) is 1. The second kappa shape index (κ2) is 8.21. The standard InChI is InChI=1S/C24H25NO3S/c1-15-12-16(6-11-20(15)28-5)13-21-23(27)25-22(29-21)14-19(26)17-7-9-18(10-8-17)24(2,3)4/h6-14H,1-5H3,(H,25,27)/b21-13-,22-14-. The fourth-order valence-electron chi connectivity index (χ4n) is 3.00. The molecule has 0 aliphatic rings. The van der Waals surface area contributed by atoms with Gasteiger partial charge in [0, 0.05) is 11.6 Å². The number of hydrogen-bond acceptors (Lipinski definition) is 4. The third kappa shape index (κ3) is 4.93. The lowest BCUT2D eigenvalue weighted by Crippen LogP contribution is -2.20. The molecule has 0 atom stereocenters. The van der Waals surface area contributed by atoms with E-state index in [0.717, 1.165) is 16.9 Å². The molecule has 1 aromatic heterocycles. The van der Waals surface area contributed by atoms with Gasteiger partial charge in [0.05, 0.1) is 16.3 Å². The summed E-state index contributed by atoms with van der Waals surface area (Å²) in [7, 11) is 1.63. The van der Waals surface area contributed by atoms with E-state index in [0.29, 0.717) is 14.8 Å². The monoisotopic (exact) mass is 407 g/mol. The molecule has 0 amide bonds. The molecule has 0 radical (unpaired) electrons. The van der Waals surface area contributed by atoms with E-state index in [4.69, 9.17) is 4.74 Å². The molecule has 0 fully saturated rings. The third-order valence-electron chi connectivity index (χ3n) is 4.69. The normalized spacial score (nSPS) is 13.0. The summed E-state index contributed by atoms with van der Waals surface area (Å²) in [6.07, 6.45) is 3.30. The van der Waals surface area contributed by atoms with Crippen molar-refractivity contribution in [2.75, 3.05) is 7.11 Å². The Kier molecular flexibility index (Phi) is 5.89. The van der Waals surface area contributed by atoms with Gasteiger partial charge in [-0.15, -0.1) is 11.3 Å². The fourth-order valence-corrected chi connectivity index (χ4v) is 3.89. The molecule has 0 saturated heterocycles. The number of carbonyl (C=O) groups excluding carboxylic acids is 1. The van der Waals surface area contributed by atoms with Crippen LogP contribution in [0.15, 0.2) is 47.3 Å². The number of benzene rings is 2. The summed E-state index contributed by atoms with van der Waals surface area (Å²) in [6, 6.07) is 13.4. The molecular formula is C24H25NO3S. The van der Waals surface area contributed by atoms with Crippen LogP contribution in [-0.2, 0) is 5.41 Å². The van der Waals surface area contributed by atoms with E-state index in [1.807, 2.05) is 55.5 Å². The zero-order chi connectivity index (χ0) is 21.2. The molecule has 1 heterocycles. The van der Waals surface area contributed by atoms with Gasteiger partial charge in [0.2, 0.25) is 0 Å². The van der Waals surface area contributed by atoms with Crippen LogP contribution in [0.2, 0.25) is 0 Å². The SMILES string of the molecule is COc1ccc(/C=c2\s/c(=C\C(=O)c3ccc(C(C)(C)C)cc3)[nH]c2=O)cc1C. The van der Waals surface area contributed by atoms with Gasteiger partial charge in [0.1, 0.15) is 5.75 Å². The Morgan fingerprint density at radius 1 is 1.10 bits per heavy atom. The number of aryl methyl sites for hydroxylation is 1. The maximum Gasteiger partial charge on any atom is 0.266 e. The van der Waals surface area contributed by atoms with Crippen LogP contribution >= 0.6 is 11.3 Å². The van der Waals surface area contributed by atoms with Crippen molar-refractivity contribution in [2.24, 2.45) is 0 Å². The van der Waals surface area contributed by atoms with Crippen molar-refractivity contribution < 1.29 is 9.53 Å². The van der Waals surface area contributed by atoms with Crippen LogP contribution in [0.3, 0.4) is 0 Å². The van der Waals surface area contributed by atoms with Gasteiger partial charge in [-0.25, -0.2) is 0 Å². The summed E-state index contributed by atoms with van der Waals surface area (Å²) >= 11 is 1.27. The van der Waals surface area contributed by atoms with Gasteiger partial charge in [-0.1, -0.05) is 51.1 Å². The summed E-state index contributed by atoms with van der Waals surface area (Å²) in [4.78, 5) is 27.6. The number of ketones is 1. The number of aromatic nitrogens is 1. The predicted molar refractivity (Wildman–Crippen MR) is 119 cm³/mol. The molecule has 3 aromatic rings. The number of aromatic amines is 1. The predicted octanol–water partition coefficient (Wildman–Crippen LogP) is 3.54. The highest BCUT2D eigenvalue weighted by atomic mass is 32.1. The maximum absolute atomic E-state index is 12.6. The van der Waals surface area contributed by atoms with Gasteiger partial charge in [-0.3, -0.25) is 9.59 Å². The lowest BCUT2D eigenvalue weighted by atomic mass is 9.86. The minimum Gasteiger partial charge on any atom is -0.496 e. The first kappa shape index (κ1) is 20.8. The van der Waals surface area contributed by atoms with Gasteiger partial charge in [0.15, 0.2) is 5.78 Å². The van der Waals surface area contributed by atoms with E-state index in [-0.39, 0.29) is 16.8 Å². The fraction of sp³-hybridized carbons (Fsp3) is 0.250. The number of H-pyrrole nitrogens is 1. The van der Waals surface area contributed by atoms with Crippen LogP contribution in [0, 0.1) is 6.92 Å². The number of hydrogen-bond donors (Lipinski definition) is 1. The Labute approximate surface area is 174 Å². The van der Waals surface area contributed by atoms with E-state index in [1.54, 1.807) is 7.11 Å². The number of methoxy groups -OCH3 is 1. The molecule has 0 saturated carbocycles. The molecule has 0 spiro atoms. The summed E-state index contributed by atoms with van der Waals surface area (Å²) in [5.74, 6) is 0.675. The highest BCUT2D eigenvalue weighted by molar-refractivity contribution is 7.07. The van der Waals surface area contributed by atoms with E-state index in [2.05, 4.69) is 25.8 Å². The lowest BCUT2D eigenvalue weighted by molar-refractivity contribution is 0.106. The molecule has 29 heavy (non-hydrogen) atoms. The van der Waals surface area contributed by atoms with Gasteiger partial charge in [0.25, 0.3) is 5.56 Å². The van der Waals surface area contributed by atoms with Crippen LogP contribution in [-0.4, -0.2) is 17.9 Å². The number of thiazole rings is 1. The Morgan fingerprint density at radius 3 is 2.38 bits per heavy atom. The molecule has 0 aliphatic carbocycles. The molecule has 5 heteroatoms. The molecular weight excluding hydrogens is 382 g/mol. The first-order valence-electron chi connectivity index (χ1n) is 9.39. The van der Waals surface area contributed by atoms with Crippen LogP contribution < -0.4 is 19.5 Å². The number of ether oxygens (including phenoxy) is 1. The van der Waals surface area contributed by atoms with E-state index in [9.17, 15) is 9.59 Å². The van der Waals surface area contributed by atoms with E-state index in [1.165, 1.54) is 23.0 Å². The Bertz CT molecular complexity index is 1210. The molecule has 0 bridgehead atoms. The van der Waals surface area contributed by atoms with Crippen molar-refractivity contribution in [2.45, 2.75) is 33.1 Å². The zero-order valence-electron chi connectivity index (χ0n) is 17.3. The Hall–Kier alpha value is -2.92. The average molecular weight is 408 g/mol. The van der Waals surface area contributed by atoms with Crippen LogP contribution in [0.1, 0.15) is 47.8 Å². The number of rotatable bonds is 4. The molecule has 0 aliphatic heterocycles. The molecule has 3 rings (SSSR count). The van der Waals surface area contributed by atoms with Crippen molar-refractivity contribution in [1.29, 1.82) is 0 Å². The van der Waals surface area contributed by atoms with Crippen LogP contribution in [0.5, 0.6) is 5.75 Å². The maximum atomic E-state index is 12.6. The van der Waals surface area contributed by atoms with E-state index >= 15 is 0 Å². The van der Waals surface area contributed by atoms with Crippen molar-refractivity contribution in [3.8, 4) is 5.75 Å². The van der Waals surface area contributed by atoms with Crippen molar-refractivity contribution in [3.63, 3.8) is 0 Å². The Balaban J connectivity index is 1.91. The van der Waals surface area contributed by atoms with Crippen molar-refractivity contribution >= 4 is 29.3 Å². The minimum atomic E-state index is -0.203. The van der Waals surface area contributed by atoms with Crippen LogP contribution in [0.25, 0.3) is 12.2 Å². The zero-order valence-corrected chi connectivity index (χ0v) is 18.1. The first-order valence-corrected chi connectivity index (χ1v) is 10.2. The molecule has 2 aromatic carbocycles. The molecule has 1 N–H and O–H groups in total. The smallest absolute Gasteiger partial charge is 0.266 e. The second-order valence-corrected chi connectivity index (χ2v) is 9.08. The quantitative estimate of drug-likeness (QED) is 0.673. The summed E-state index contributed by atoms with van der Waals surface area (Å²) in [5, 5.41) is 0. The largest absolute Gasteiger partial charge is 0.496 e. The summed E-state index contributed by atoms with van der Waals surface area (Å²) in [6.45, 7) is 8.36. The highest BCUT2D eigenvalue weighted by Gasteiger charge is 2.13. The summed E-state index contributed by atoms with van der Waals surface area (Å²) in [5.41, 5.74) is 3.51. The lowest BCUT2D eigenvalue weighted by Gasteiger charge is -2.18. The molecule has 150 valence electrons. The second-order valence-electron chi connectivity index (χ2n) is 7.99. The van der Waals surface area contributed by atoms with Gasteiger partial charge >= 0.3 is 0 Å². The summed E-state index contributed by atoms with van der Waals surface area (Å²) < 4.78 is 6.36. The number of nitrogens with one attached hydrogen (secondary N) is 1. The Morgan fingerprint density at radius 2 is 1.79 bits per heavy atom. The van der Waals surface area contributed by atoms with Crippen LogP contribution in [0.4, 0.5) is 0 Å². The number of carbonyl (C=O) groups is 1. The van der Waals surface area contributed by atoms with Crippen molar-refractivity contribution in [3.05, 3.63) is 84.3 Å². The van der Waals surface area contributed by atoms with Crippen molar-refractivity contribution in [1.82, 2.24) is 4.98 Å². The highest BCUT2D eigenvalue weighted by Crippen LogP contribution is 2.22. The topological polar surface area (TPSA) is 59.2 Å². The van der Waals surface area contributed by atoms with E-state index < -0.39 is 0 Å². The van der Waals surface area contributed by atoms with Gasteiger partial charge in [-0.05, 0) is 47.2 Å². The first-order chi connectivity index (χ1) is 13.7. The average Bonchev–Trinajstić information content (AvgIpc) is 3.00. The third-order valence-corrected chi connectivity index (χ3v) is 5.66. The minimum absolute atomic E-state index is 0.0365. The molecule has 4 nitrogen and oxygen atoms in total. The molecule has 0 unspecified atom stereocenters. The van der Waals surface area contributed by atoms with Gasteiger partial charge < -0.3 is 9.72 Å².